The van der Waals surface area contributed by atoms with Crippen molar-refractivity contribution in [1.29, 1.82) is 0 Å². The Kier molecular flexibility index (Phi) is 12.6. The van der Waals surface area contributed by atoms with Gasteiger partial charge in [-0.25, -0.2) is 8.42 Å². The maximum Gasteiger partial charge on any atom is 0.460 e. The van der Waals surface area contributed by atoms with E-state index in [4.69, 9.17) is 4.74 Å². The van der Waals surface area contributed by atoms with Gasteiger partial charge in [0, 0.05) is 6.42 Å². The first kappa shape index (κ1) is 40.7. The highest BCUT2D eigenvalue weighted by Crippen LogP contribution is 2.64. The minimum atomic E-state index is -8.92. The van der Waals surface area contributed by atoms with Gasteiger partial charge in [-0.1, -0.05) is 13.3 Å². The molecule has 1 saturated heterocycles. The topological polar surface area (TPSA) is 83.5 Å². The average molecular weight is 702 g/mol. The first-order valence-electron chi connectivity index (χ1n) is 10.7. The molecular weight excluding hydrogens is 683 g/mol. The molecule has 252 valence electrons. The third-order valence-corrected chi connectivity index (χ3v) is 8.32. The molecule has 0 aromatic carbocycles. The Morgan fingerprint density at radius 3 is 1.38 bits per heavy atom. The van der Waals surface area contributed by atoms with E-state index >= 15 is 0 Å². The molecule has 1 rings (SSSR count). The smallest absolute Gasteiger partial charge is 0.460 e. The zero-order valence-electron chi connectivity index (χ0n) is 20.4. The summed E-state index contributed by atoms with van der Waals surface area (Å²) in [6.07, 6.45) is -4.91. The van der Waals surface area contributed by atoms with E-state index in [1.54, 1.807) is 0 Å². The SMILES string of the molecule is CCCCC(=O)C[S+]1CCOCC1.O=S(=O)([O-])C(F)(F)C(F)(F)C(F)(F)C(F)(F)C(F)(F)C(F)(F)C(F)(F)C(F)(F)F. The Balaban J connectivity index is 0.00000107. The van der Waals surface area contributed by atoms with Crippen LogP contribution in [0.25, 0.3) is 0 Å². The van der Waals surface area contributed by atoms with Crippen molar-refractivity contribution in [2.24, 2.45) is 0 Å². The van der Waals surface area contributed by atoms with Gasteiger partial charge in [-0.2, -0.15) is 74.6 Å². The molecule has 0 spiro atoms. The lowest BCUT2D eigenvalue weighted by molar-refractivity contribution is -0.458. The summed E-state index contributed by atoms with van der Waals surface area (Å²) in [5.41, 5.74) is 0. The van der Waals surface area contributed by atoms with E-state index in [0.29, 0.717) is 16.7 Å². The fourth-order valence-corrected chi connectivity index (χ4v) is 4.92. The van der Waals surface area contributed by atoms with Gasteiger partial charge in [0.15, 0.2) is 21.7 Å². The fourth-order valence-electron chi connectivity index (χ4n) is 2.68. The Morgan fingerprint density at radius 1 is 0.690 bits per heavy atom. The lowest BCUT2D eigenvalue weighted by Crippen LogP contribution is -2.75. The maximum absolute atomic E-state index is 13.0. The van der Waals surface area contributed by atoms with E-state index in [9.17, 15) is 92.4 Å². The predicted octanol–water partition coefficient (Wildman–Crippen LogP) is 5.89. The molecule has 0 unspecified atom stereocenters. The molecular formula is C18H19F17O5S2. The van der Waals surface area contributed by atoms with Crippen molar-refractivity contribution in [3.8, 4) is 0 Å². The molecule has 0 N–H and O–H groups in total. The highest BCUT2D eigenvalue weighted by atomic mass is 32.2. The van der Waals surface area contributed by atoms with Crippen LogP contribution in [0.2, 0.25) is 0 Å². The molecule has 1 fully saturated rings. The molecule has 24 heteroatoms. The van der Waals surface area contributed by atoms with Gasteiger partial charge in [0.2, 0.25) is 0 Å². The summed E-state index contributed by atoms with van der Waals surface area (Å²) >= 11 is 0. The van der Waals surface area contributed by atoms with Crippen LogP contribution in [0.1, 0.15) is 26.2 Å². The number of halogens is 17. The second-order valence-corrected chi connectivity index (χ2v) is 12.1. The molecule has 0 atom stereocenters. The Hall–Kier alpha value is -1.30. The van der Waals surface area contributed by atoms with Crippen LogP contribution in [-0.4, -0.2) is 96.2 Å². The number of carbonyl (C=O) groups is 1. The number of carbonyl (C=O) groups excluding carboxylic acids is 1. The highest BCUT2D eigenvalue weighted by Gasteiger charge is 2.95. The number of ether oxygens (including phenoxy) is 1. The van der Waals surface area contributed by atoms with Gasteiger partial charge >= 0.3 is 47.0 Å². The molecule has 1 heterocycles. The van der Waals surface area contributed by atoms with Gasteiger partial charge in [-0.05, 0) is 17.3 Å². The zero-order chi connectivity index (χ0) is 34.0. The van der Waals surface area contributed by atoms with E-state index in [1.807, 2.05) is 0 Å². The van der Waals surface area contributed by atoms with Crippen molar-refractivity contribution in [1.82, 2.24) is 0 Å². The molecule has 0 amide bonds. The largest absolute Gasteiger partial charge is 0.743 e. The third kappa shape index (κ3) is 7.32. The Morgan fingerprint density at radius 2 is 1.05 bits per heavy atom. The molecule has 0 bridgehead atoms. The molecule has 5 nitrogen and oxygen atoms in total. The van der Waals surface area contributed by atoms with Crippen LogP contribution < -0.4 is 0 Å². The molecule has 0 aromatic rings. The minimum Gasteiger partial charge on any atom is -0.743 e. The Labute approximate surface area is 228 Å². The van der Waals surface area contributed by atoms with E-state index in [-0.39, 0.29) is 0 Å². The van der Waals surface area contributed by atoms with Crippen LogP contribution in [0.3, 0.4) is 0 Å². The number of unbranched alkanes of at least 4 members (excludes halogenated alkanes) is 1. The van der Waals surface area contributed by atoms with Gasteiger partial charge < -0.3 is 9.29 Å². The van der Waals surface area contributed by atoms with Crippen LogP contribution in [0.4, 0.5) is 74.6 Å². The predicted molar refractivity (Wildman–Crippen MR) is 108 cm³/mol. The van der Waals surface area contributed by atoms with Crippen molar-refractivity contribution in [2.75, 3.05) is 30.5 Å². The molecule has 1 aliphatic heterocycles. The standard InChI is InChI=1S/C10H19O2S.C8HF17O3S/c1-2-3-4-10(11)9-13-7-5-12-6-8-13;9-1(10,3(13,14)5(17,18)7(21,22)23)2(11,12)4(15,16)6(19,20)8(24,25)29(26,27)28/h2-9H2,1H3;(H,26,27,28)/q+1;/p-1. The molecule has 1 aliphatic rings. The van der Waals surface area contributed by atoms with Gasteiger partial charge in [0.1, 0.15) is 11.5 Å². The van der Waals surface area contributed by atoms with Gasteiger partial charge in [0.05, 0.1) is 13.2 Å². The number of alkyl halides is 17. The van der Waals surface area contributed by atoms with Crippen LogP contribution in [-0.2, 0) is 30.5 Å². The molecule has 0 aromatic heterocycles. The third-order valence-electron chi connectivity index (χ3n) is 5.21. The van der Waals surface area contributed by atoms with Gasteiger partial charge in [-0.15, -0.1) is 0 Å². The van der Waals surface area contributed by atoms with Crippen molar-refractivity contribution in [3.05, 3.63) is 0 Å². The van der Waals surface area contributed by atoms with Crippen LogP contribution in [0.15, 0.2) is 0 Å². The van der Waals surface area contributed by atoms with Crippen molar-refractivity contribution in [3.63, 3.8) is 0 Å². The first-order chi connectivity index (χ1) is 18.3. The number of hydrogen-bond donors (Lipinski definition) is 0. The van der Waals surface area contributed by atoms with Crippen LogP contribution >= 0.6 is 0 Å². The van der Waals surface area contributed by atoms with Crippen molar-refractivity contribution in [2.45, 2.75) is 73.2 Å². The van der Waals surface area contributed by atoms with Gasteiger partial charge in [0.25, 0.3) is 0 Å². The normalized spacial score (nSPS) is 17.5. The highest BCUT2D eigenvalue weighted by molar-refractivity contribution is 7.97. The average Bonchev–Trinajstić information content (AvgIpc) is 2.81. The zero-order valence-corrected chi connectivity index (χ0v) is 22.1. The molecule has 0 saturated carbocycles. The summed E-state index contributed by atoms with van der Waals surface area (Å²) in [6.45, 7) is 3.86. The van der Waals surface area contributed by atoms with E-state index in [2.05, 4.69) is 6.92 Å². The molecule has 42 heavy (non-hydrogen) atoms. The van der Waals surface area contributed by atoms with E-state index in [1.165, 1.54) is 0 Å². The summed E-state index contributed by atoms with van der Waals surface area (Å²) in [5.74, 6) is -48.6. The Bertz CT molecular complexity index is 1020. The van der Waals surface area contributed by atoms with Crippen molar-refractivity contribution >= 4 is 26.8 Å². The number of ketones is 1. The van der Waals surface area contributed by atoms with Gasteiger partial charge in [-0.3, -0.25) is 4.79 Å². The summed E-state index contributed by atoms with van der Waals surface area (Å²) in [6, 6.07) is 0. The van der Waals surface area contributed by atoms with Crippen molar-refractivity contribution < 1.29 is 97.1 Å². The second-order valence-electron chi connectivity index (χ2n) is 8.33. The van der Waals surface area contributed by atoms with E-state index < -0.39 is 57.1 Å². The van der Waals surface area contributed by atoms with Crippen LogP contribution in [0, 0.1) is 0 Å². The first-order valence-corrected chi connectivity index (χ1v) is 13.9. The lowest BCUT2D eigenvalue weighted by atomic mass is 9.91. The molecule has 0 aliphatic carbocycles. The number of Topliss-reactive ketones (excluding diaryl/α,β-unsaturated/α-hetero) is 1. The monoisotopic (exact) mass is 702 g/mol. The van der Waals surface area contributed by atoms with Crippen LogP contribution in [0.5, 0.6) is 0 Å². The summed E-state index contributed by atoms with van der Waals surface area (Å²) in [4.78, 5) is 11.4. The summed E-state index contributed by atoms with van der Waals surface area (Å²) in [5, 5.41) is -7.95. The maximum atomic E-state index is 13.0. The summed E-state index contributed by atoms with van der Waals surface area (Å²) in [7, 11) is -7.80. The second kappa shape index (κ2) is 13.0. The molecule has 0 radical (unpaired) electrons. The minimum absolute atomic E-state index is 0.347. The quantitative estimate of drug-likeness (QED) is 0.144. The fraction of sp³-hybridized carbons (Fsp3) is 0.944. The number of rotatable bonds is 12. The number of hydrogen-bond acceptors (Lipinski definition) is 5. The van der Waals surface area contributed by atoms with E-state index in [0.717, 1.165) is 49.7 Å². The lowest BCUT2D eigenvalue weighted by Gasteiger charge is -2.42. The summed E-state index contributed by atoms with van der Waals surface area (Å²) < 4.78 is 249.